The van der Waals surface area contributed by atoms with Gasteiger partial charge in [-0.05, 0) is 73.3 Å². The first-order chi connectivity index (χ1) is 9.00. The number of nitrogens with one attached hydrogen (secondary N) is 1. The lowest BCUT2D eigenvalue weighted by Crippen LogP contribution is -2.45. The maximum Gasteiger partial charge on any atom is 0.103 e. The van der Waals surface area contributed by atoms with Gasteiger partial charge < -0.3 is 15.1 Å². The maximum atomic E-state index is 9.10. The second kappa shape index (κ2) is 7.84. The first-order valence-corrected chi connectivity index (χ1v) is 7.49. The Bertz CT molecular complexity index is 297. The molecule has 0 amide bonds. The molecule has 4 nitrogen and oxygen atoms in total. The first-order valence-electron chi connectivity index (χ1n) is 7.49. The van der Waals surface area contributed by atoms with Crippen molar-refractivity contribution in [3.05, 3.63) is 0 Å². The lowest BCUT2D eigenvalue weighted by molar-refractivity contribution is 0.131. The van der Waals surface area contributed by atoms with E-state index in [0.29, 0.717) is 0 Å². The molecule has 0 aliphatic carbocycles. The molecule has 1 saturated heterocycles. The molecule has 0 spiro atoms. The third-order valence-electron chi connectivity index (χ3n) is 4.41. The Morgan fingerprint density at radius 1 is 1.42 bits per heavy atom. The minimum absolute atomic E-state index is 0.353. The highest BCUT2D eigenvalue weighted by atomic mass is 15.2. The van der Waals surface area contributed by atoms with E-state index in [2.05, 4.69) is 35.3 Å². The molecule has 1 rings (SSSR count). The molecule has 0 bridgehead atoms. The van der Waals surface area contributed by atoms with Crippen molar-refractivity contribution in [3.63, 3.8) is 0 Å². The van der Waals surface area contributed by atoms with Crippen molar-refractivity contribution in [1.82, 2.24) is 15.1 Å². The summed E-state index contributed by atoms with van der Waals surface area (Å²) in [7, 11) is 6.23. The zero-order valence-electron chi connectivity index (χ0n) is 13.1. The van der Waals surface area contributed by atoms with E-state index in [1.165, 1.54) is 38.9 Å². The van der Waals surface area contributed by atoms with E-state index in [-0.39, 0.29) is 5.54 Å². The van der Waals surface area contributed by atoms with Crippen LogP contribution >= 0.6 is 0 Å². The van der Waals surface area contributed by atoms with Crippen LogP contribution in [0.3, 0.4) is 0 Å². The Balaban J connectivity index is 2.21. The summed E-state index contributed by atoms with van der Waals surface area (Å²) in [6.07, 6.45) is 5.89. The predicted octanol–water partition coefficient (Wildman–Crippen LogP) is 1.68. The van der Waals surface area contributed by atoms with Gasteiger partial charge in [-0.1, -0.05) is 0 Å². The number of unbranched alkanes of at least 4 members (excludes halogenated alkanes) is 1. The van der Waals surface area contributed by atoms with E-state index in [1.807, 2.05) is 14.0 Å². The van der Waals surface area contributed by atoms with Crippen molar-refractivity contribution in [2.45, 2.75) is 50.6 Å². The van der Waals surface area contributed by atoms with Crippen LogP contribution in [0.4, 0.5) is 0 Å². The van der Waals surface area contributed by atoms with Gasteiger partial charge in [0.1, 0.15) is 5.54 Å². The highest BCUT2D eigenvalue weighted by molar-refractivity contribution is 5.02. The molecule has 0 radical (unpaired) electrons. The minimum atomic E-state index is -0.353. The van der Waals surface area contributed by atoms with E-state index >= 15 is 0 Å². The van der Waals surface area contributed by atoms with Gasteiger partial charge in [0, 0.05) is 12.6 Å². The van der Waals surface area contributed by atoms with Gasteiger partial charge in [-0.2, -0.15) is 5.26 Å². The fraction of sp³-hybridized carbons (Fsp3) is 0.933. The van der Waals surface area contributed by atoms with Crippen LogP contribution in [-0.2, 0) is 0 Å². The quantitative estimate of drug-likeness (QED) is 0.712. The van der Waals surface area contributed by atoms with E-state index < -0.39 is 0 Å². The maximum absolute atomic E-state index is 9.10. The molecular weight excluding hydrogens is 236 g/mol. The second-order valence-electron chi connectivity index (χ2n) is 6.21. The highest BCUT2D eigenvalue weighted by Gasteiger charge is 2.22. The normalized spacial score (nSPS) is 24.1. The van der Waals surface area contributed by atoms with E-state index in [0.717, 1.165) is 18.9 Å². The average Bonchev–Trinajstić information content (AvgIpc) is 2.43. The molecule has 0 aromatic rings. The standard InChI is InChI=1S/C15H30N4/c1-15(13-16,17-2)9-5-6-10-19-11-7-8-14(12-19)18(3)4/h14,17H,5-12H2,1-4H3. The first kappa shape index (κ1) is 16.4. The summed E-state index contributed by atoms with van der Waals surface area (Å²) in [6.45, 7) is 5.60. The van der Waals surface area contributed by atoms with Gasteiger partial charge in [-0.25, -0.2) is 0 Å². The van der Waals surface area contributed by atoms with Crippen LogP contribution in [-0.4, -0.2) is 62.2 Å². The van der Waals surface area contributed by atoms with Crippen molar-refractivity contribution >= 4 is 0 Å². The Hall–Kier alpha value is -0.630. The number of rotatable bonds is 7. The molecule has 0 aromatic carbocycles. The summed E-state index contributed by atoms with van der Waals surface area (Å²) in [4.78, 5) is 4.93. The van der Waals surface area contributed by atoms with Crippen LogP contribution in [0, 0.1) is 11.3 Å². The third kappa shape index (κ3) is 5.48. The number of likely N-dealkylation sites (tertiary alicyclic amines) is 1. The van der Waals surface area contributed by atoms with Crippen LogP contribution in [0.2, 0.25) is 0 Å². The fourth-order valence-electron chi connectivity index (χ4n) is 2.71. The monoisotopic (exact) mass is 266 g/mol. The summed E-state index contributed by atoms with van der Waals surface area (Å²) >= 11 is 0. The third-order valence-corrected chi connectivity index (χ3v) is 4.41. The molecule has 0 saturated carbocycles. The number of piperidine rings is 1. The molecule has 2 unspecified atom stereocenters. The molecule has 1 aliphatic rings. The number of hydrogen-bond donors (Lipinski definition) is 1. The smallest absolute Gasteiger partial charge is 0.103 e. The lowest BCUT2D eigenvalue weighted by Gasteiger charge is -2.36. The zero-order chi connectivity index (χ0) is 14.3. The summed E-state index contributed by atoms with van der Waals surface area (Å²) in [6, 6.07) is 3.08. The van der Waals surface area contributed by atoms with Crippen molar-refractivity contribution < 1.29 is 0 Å². The number of nitriles is 1. The van der Waals surface area contributed by atoms with Gasteiger partial charge in [0.05, 0.1) is 6.07 Å². The second-order valence-corrected chi connectivity index (χ2v) is 6.21. The molecule has 1 aliphatic heterocycles. The molecule has 4 heteroatoms. The molecular formula is C15H30N4. The molecule has 1 N–H and O–H groups in total. The van der Waals surface area contributed by atoms with Gasteiger partial charge >= 0.3 is 0 Å². The van der Waals surface area contributed by atoms with Gasteiger partial charge in [-0.15, -0.1) is 0 Å². The van der Waals surface area contributed by atoms with Crippen LogP contribution in [0.5, 0.6) is 0 Å². The summed E-state index contributed by atoms with van der Waals surface area (Å²) < 4.78 is 0. The minimum Gasteiger partial charge on any atom is -0.305 e. The number of hydrogen-bond acceptors (Lipinski definition) is 4. The molecule has 110 valence electrons. The van der Waals surface area contributed by atoms with Gasteiger partial charge in [0.15, 0.2) is 0 Å². The van der Waals surface area contributed by atoms with Crippen molar-refractivity contribution in [3.8, 4) is 6.07 Å². The van der Waals surface area contributed by atoms with Gasteiger partial charge in [0.2, 0.25) is 0 Å². The molecule has 1 fully saturated rings. The van der Waals surface area contributed by atoms with E-state index in [9.17, 15) is 0 Å². The molecule has 1 heterocycles. The van der Waals surface area contributed by atoms with Crippen molar-refractivity contribution in [1.29, 1.82) is 5.26 Å². The predicted molar refractivity (Wildman–Crippen MR) is 80.1 cm³/mol. The van der Waals surface area contributed by atoms with E-state index in [4.69, 9.17) is 5.26 Å². The van der Waals surface area contributed by atoms with Gasteiger partial charge in [0.25, 0.3) is 0 Å². The van der Waals surface area contributed by atoms with Gasteiger partial charge in [-0.3, -0.25) is 0 Å². The number of nitrogens with zero attached hydrogens (tertiary/aromatic N) is 3. The average molecular weight is 266 g/mol. The molecule has 19 heavy (non-hydrogen) atoms. The Kier molecular flexibility index (Phi) is 6.78. The summed E-state index contributed by atoms with van der Waals surface area (Å²) in [5.74, 6) is 0. The van der Waals surface area contributed by atoms with Crippen molar-refractivity contribution in [2.75, 3.05) is 40.8 Å². The fourth-order valence-corrected chi connectivity index (χ4v) is 2.71. The largest absolute Gasteiger partial charge is 0.305 e. The lowest BCUT2D eigenvalue weighted by atomic mass is 9.96. The molecule has 0 aromatic heterocycles. The summed E-state index contributed by atoms with van der Waals surface area (Å²) in [5, 5.41) is 12.2. The Morgan fingerprint density at radius 2 is 2.16 bits per heavy atom. The highest BCUT2D eigenvalue weighted by Crippen LogP contribution is 2.16. The van der Waals surface area contributed by atoms with E-state index in [1.54, 1.807) is 0 Å². The Labute approximate surface area is 118 Å². The number of likely N-dealkylation sites (N-methyl/N-ethyl adjacent to an activating group) is 1. The SMILES string of the molecule is CNC(C)(C#N)CCCCN1CCCC(N(C)C)C1. The van der Waals surface area contributed by atoms with Crippen LogP contribution < -0.4 is 5.32 Å². The van der Waals surface area contributed by atoms with Crippen LogP contribution in [0.15, 0.2) is 0 Å². The van der Waals surface area contributed by atoms with Crippen molar-refractivity contribution in [2.24, 2.45) is 0 Å². The summed E-state index contributed by atoms with van der Waals surface area (Å²) in [5.41, 5.74) is -0.353. The van der Waals surface area contributed by atoms with Crippen LogP contribution in [0.1, 0.15) is 39.0 Å². The zero-order valence-corrected chi connectivity index (χ0v) is 13.1. The van der Waals surface area contributed by atoms with Crippen LogP contribution in [0.25, 0.3) is 0 Å². The Morgan fingerprint density at radius 3 is 2.74 bits per heavy atom. The molecule has 2 atom stereocenters. The topological polar surface area (TPSA) is 42.3 Å².